The first-order valence-electron chi connectivity index (χ1n) is 3.22. The molecule has 1 rings (SSSR count). The summed E-state index contributed by atoms with van der Waals surface area (Å²) >= 11 is 5.74. The fourth-order valence-electron chi connectivity index (χ4n) is 0.730. The molecule has 0 bridgehead atoms. The summed E-state index contributed by atoms with van der Waals surface area (Å²) in [7, 11) is 1.72. The van der Waals surface area contributed by atoms with Gasteiger partial charge in [-0.25, -0.2) is 0 Å². The molecule has 2 N–H and O–H groups in total. The fraction of sp³-hybridized carbons (Fsp3) is 0.286. The third-order valence-corrected chi connectivity index (χ3v) is 1.88. The van der Waals surface area contributed by atoms with Crippen LogP contribution in [-0.2, 0) is 0 Å². The van der Waals surface area contributed by atoms with Gasteiger partial charge in [-0.3, -0.25) is 4.79 Å². The Morgan fingerprint density at radius 1 is 1.64 bits per heavy atom. The molecule has 1 aromatic heterocycles. The highest BCUT2D eigenvalue weighted by molar-refractivity contribution is 6.31. The first-order valence-corrected chi connectivity index (χ1v) is 3.60. The fourth-order valence-corrected chi connectivity index (χ4v) is 0.925. The molecule has 60 valence electrons. The smallest absolute Gasteiger partial charge is 0.253 e. The van der Waals surface area contributed by atoms with Crippen molar-refractivity contribution in [3.8, 4) is 0 Å². The zero-order valence-electron chi connectivity index (χ0n) is 6.36. The van der Waals surface area contributed by atoms with E-state index in [1.165, 1.54) is 0 Å². The number of rotatable bonds is 1. The third-order valence-electron chi connectivity index (χ3n) is 1.49. The van der Waals surface area contributed by atoms with E-state index in [0.29, 0.717) is 16.4 Å². The lowest BCUT2D eigenvalue weighted by molar-refractivity contribution is 1.17. The Morgan fingerprint density at radius 3 is 2.73 bits per heavy atom. The predicted octanol–water partition coefficient (Wildman–Crippen LogP) is 1.38. The number of hydrogen-bond donors (Lipinski definition) is 2. The molecule has 11 heavy (non-hydrogen) atoms. The Labute approximate surface area is 69.4 Å². The summed E-state index contributed by atoms with van der Waals surface area (Å²) in [5, 5.41) is 3.28. The van der Waals surface area contributed by atoms with Gasteiger partial charge < -0.3 is 10.3 Å². The zero-order valence-corrected chi connectivity index (χ0v) is 7.12. The van der Waals surface area contributed by atoms with Crippen LogP contribution in [0.15, 0.2) is 10.9 Å². The summed E-state index contributed by atoms with van der Waals surface area (Å²) in [4.78, 5) is 13.7. The molecule has 0 atom stereocenters. The molecule has 0 aliphatic rings. The topological polar surface area (TPSA) is 44.9 Å². The quantitative estimate of drug-likeness (QED) is 0.672. The van der Waals surface area contributed by atoms with Gasteiger partial charge in [0.25, 0.3) is 5.56 Å². The number of aromatic nitrogens is 1. The van der Waals surface area contributed by atoms with Crippen molar-refractivity contribution < 1.29 is 0 Å². The maximum atomic E-state index is 11.0. The summed E-state index contributed by atoms with van der Waals surface area (Å²) in [6.45, 7) is 1.68. The van der Waals surface area contributed by atoms with Crippen LogP contribution in [0.2, 0.25) is 5.02 Å². The van der Waals surface area contributed by atoms with Crippen LogP contribution in [-0.4, -0.2) is 12.0 Å². The standard InChI is InChI=1S/C7H9ClN2O/c1-4-5(8)3-6(9-2)10-7(4)11/h3H,1-2H3,(H2,9,10,11). The number of pyridine rings is 1. The van der Waals surface area contributed by atoms with E-state index in [9.17, 15) is 4.79 Å². The molecule has 0 aliphatic carbocycles. The van der Waals surface area contributed by atoms with Gasteiger partial charge in [0.2, 0.25) is 0 Å². The van der Waals surface area contributed by atoms with E-state index in [1.807, 2.05) is 0 Å². The van der Waals surface area contributed by atoms with Crippen molar-refractivity contribution in [1.29, 1.82) is 0 Å². The number of halogens is 1. The molecule has 0 saturated heterocycles. The third kappa shape index (κ3) is 1.54. The largest absolute Gasteiger partial charge is 0.375 e. The molecule has 0 saturated carbocycles. The van der Waals surface area contributed by atoms with Gasteiger partial charge >= 0.3 is 0 Å². The minimum atomic E-state index is -0.151. The molecule has 0 spiro atoms. The van der Waals surface area contributed by atoms with Crippen molar-refractivity contribution in [1.82, 2.24) is 4.98 Å². The average molecular weight is 173 g/mol. The van der Waals surface area contributed by atoms with Crippen molar-refractivity contribution in [2.75, 3.05) is 12.4 Å². The van der Waals surface area contributed by atoms with Crippen molar-refractivity contribution >= 4 is 17.4 Å². The zero-order chi connectivity index (χ0) is 8.43. The van der Waals surface area contributed by atoms with E-state index in [2.05, 4.69) is 10.3 Å². The summed E-state index contributed by atoms with van der Waals surface area (Å²) in [6.07, 6.45) is 0. The van der Waals surface area contributed by atoms with Gasteiger partial charge in [-0.2, -0.15) is 0 Å². The second-order valence-corrected chi connectivity index (χ2v) is 2.64. The van der Waals surface area contributed by atoms with Crippen LogP contribution >= 0.6 is 11.6 Å². The van der Waals surface area contributed by atoms with Crippen molar-refractivity contribution in [3.63, 3.8) is 0 Å². The molecular formula is C7H9ClN2O. The number of anilines is 1. The number of H-pyrrole nitrogens is 1. The first-order chi connectivity index (χ1) is 5.15. The van der Waals surface area contributed by atoms with Gasteiger partial charge in [-0.15, -0.1) is 0 Å². The monoisotopic (exact) mass is 172 g/mol. The van der Waals surface area contributed by atoms with Crippen molar-refractivity contribution in [2.24, 2.45) is 0 Å². The molecule has 0 unspecified atom stereocenters. The van der Waals surface area contributed by atoms with E-state index in [1.54, 1.807) is 20.0 Å². The number of hydrogen-bond acceptors (Lipinski definition) is 2. The average Bonchev–Trinajstić information content (AvgIpc) is 1.99. The number of aromatic amines is 1. The van der Waals surface area contributed by atoms with Gasteiger partial charge in [0.05, 0.1) is 5.02 Å². The molecule has 0 aliphatic heterocycles. The van der Waals surface area contributed by atoms with Crippen LogP contribution in [0.3, 0.4) is 0 Å². The highest BCUT2D eigenvalue weighted by Gasteiger charge is 2.00. The summed E-state index contributed by atoms with van der Waals surface area (Å²) < 4.78 is 0. The van der Waals surface area contributed by atoms with Crippen LogP contribution in [0, 0.1) is 6.92 Å². The lowest BCUT2D eigenvalue weighted by atomic mass is 10.3. The molecular weight excluding hydrogens is 164 g/mol. The van der Waals surface area contributed by atoms with Crippen LogP contribution in [0.4, 0.5) is 5.82 Å². The highest BCUT2D eigenvalue weighted by Crippen LogP contribution is 2.13. The maximum Gasteiger partial charge on any atom is 0.253 e. The highest BCUT2D eigenvalue weighted by atomic mass is 35.5. The maximum absolute atomic E-state index is 11.0. The molecule has 1 aromatic rings. The molecule has 0 fully saturated rings. The van der Waals surface area contributed by atoms with Crippen molar-refractivity contribution in [3.05, 3.63) is 27.0 Å². The second-order valence-electron chi connectivity index (χ2n) is 2.24. The SMILES string of the molecule is CNc1cc(Cl)c(C)c(=O)[nH]1. The second kappa shape index (κ2) is 2.96. The molecule has 4 heteroatoms. The van der Waals surface area contributed by atoms with Crippen molar-refractivity contribution in [2.45, 2.75) is 6.92 Å². The molecule has 1 heterocycles. The first kappa shape index (κ1) is 8.14. The Bertz CT molecular complexity index is 319. The van der Waals surface area contributed by atoms with Gasteiger partial charge in [-0.1, -0.05) is 11.6 Å². The van der Waals surface area contributed by atoms with E-state index >= 15 is 0 Å². The predicted molar refractivity (Wildman–Crippen MR) is 46.4 cm³/mol. The van der Waals surface area contributed by atoms with Crippen LogP contribution in [0.25, 0.3) is 0 Å². The summed E-state index contributed by atoms with van der Waals surface area (Å²) in [6, 6.07) is 1.68. The van der Waals surface area contributed by atoms with E-state index in [4.69, 9.17) is 11.6 Å². The van der Waals surface area contributed by atoms with Gasteiger partial charge in [-0.05, 0) is 13.0 Å². The Hall–Kier alpha value is -0.960. The molecule has 0 radical (unpaired) electrons. The minimum absolute atomic E-state index is 0.151. The van der Waals surface area contributed by atoms with Gasteiger partial charge in [0.15, 0.2) is 0 Å². The van der Waals surface area contributed by atoms with Gasteiger partial charge in [0, 0.05) is 12.6 Å². The van der Waals surface area contributed by atoms with Crippen LogP contribution in [0.1, 0.15) is 5.56 Å². The lowest BCUT2D eigenvalue weighted by Gasteiger charge is -2.01. The molecule has 3 nitrogen and oxygen atoms in total. The lowest BCUT2D eigenvalue weighted by Crippen LogP contribution is -2.11. The molecule has 0 aromatic carbocycles. The Kier molecular flexibility index (Phi) is 2.19. The summed E-state index contributed by atoms with van der Waals surface area (Å²) in [5.41, 5.74) is 0.396. The Morgan fingerprint density at radius 2 is 2.27 bits per heavy atom. The van der Waals surface area contributed by atoms with Crippen LogP contribution < -0.4 is 10.9 Å². The van der Waals surface area contributed by atoms with E-state index < -0.39 is 0 Å². The van der Waals surface area contributed by atoms with E-state index in [-0.39, 0.29) is 5.56 Å². The molecule has 0 amide bonds. The normalized spacial score (nSPS) is 9.73. The number of nitrogens with one attached hydrogen (secondary N) is 2. The Balaban J connectivity index is 3.32. The van der Waals surface area contributed by atoms with E-state index in [0.717, 1.165) is 0 Å². The van der Waals surface area contributed by atoms with Crippen LogP contribution in [0.5, 0.6) is 0 Å². The van der Waals surface area contributed by atoms with Gasteiger partial charge in [0.1, 0.15) is 5.82 Å². The summed E-state index contributed by atoms with van der Waals surface area (Å²) in [5.74, 6) is 0.630. The minimum Gasteiger partial charge on any atom is -0.375 e.